The van der Waals surface area contributed by atoms with Crippen LogP contribution in [0.1, 0.15) is 37.0 Å². The number of Topliss-reactive ketones (excluding diaryl/α,β-unsaturated/α-hetero) is 1. The molecule has 1 aromatic rings. The third-order valence-electron chi connectivity index (χ3n) is 2.51. The Morgan fingerprint density at radius 3 is 2.60 bits per heavy atom. The van der Waals surface area contributed by atoms with Crippen LogP contribution in [-0.2, 0) is 0 Å². The summed E-state index contributed by atoms with van der Waals surface area (Å²) >= 11 is 0. The van der Waals surface area contributed by atoms with Crippen molar-refractivity contribution in [3.05, 3.63) is 23.8 Å². The van der Waals surface area contributed by atoms with Crippen LogP contribution in [0.4, 0.5) is 0 Å². The summed E-state index contributed by atoms with van der Waals surface area (Å²) in [6, 6.07) is 4.04. The second kappa shape index (κ2) is 4.82. The third kappa shape index (κ3) is 2.98. The minimum absolute atomic E-state index is 0.0346. The van der Waals surface area contributed by atoms with E-state index in [-0.39, 0.29) is 22.8 Å². The van der Waals surface area contributed by atoms with Crippen LogP contribution in [0.3, 0.4) is 0 Å². The van der Waals surface area contributed by atoms with E-state index in [0.717, 1.165) is 6.42 Å². The number of carbonyl (C=O) groups excluding carboxylic acids is 1. The molecule has 0 saturated carbocycles. The number of hydrogen-bond acceptors (Lipinski definition) is 3. The Balaban J connectivity index is 2.82. The maximum absolute atomic E-state index is 11.7. The molecular weight excluding hydrogens is 192 g/mol. The van der Waals surface area contributed by atoms with Crippen LogP contribution in [0, 0.1) is 5.92 Å². The first-order chi connectivity index (χ1) is 7.04. The zero-order chi connectivity index (χ0) is 11.4. The minimum atomic E-state index is -0.150. The maximum atomic E-state index is 11.7. The number of ketones is 1. The van der Waals surface area contributed by atoms with Gasteiger partial charge in [0.1, 0.15) is 11.5 Å². The van der Waals surface area contributed by atoms with Gasteiger partial charge in [-0.2, -0.15) is 0 Å². The van der Waals surface area contributed by atoms with Gasteiger partial charge in [0.15, 0.2) is 5.78 Å². The van der Waals surface area contributed by atoms with E-state index in [4.69, 9.17) is 5.11 Å². The van der Waals surface area contributed by atoms with Crippen molar-refractivity contribution in [3.63, 3.8) is 0 Å². The summed E-state index contributed by atoms with van der Waals surface area (Å²) in [7, 11) is 0. The first-order valence-electron chi connectivity index (χ1n) is 5.09. The number of benzene rings is 1. The quantitative estimate of drug-likeness (QED) is 0.748. The zero-order valence-electron chi connectivity index (χ0n) is 9.03. The van der Waals surface area contributed by atoms with Gasteiger partial charge in [0.05, 0.1) is 5.56 Å². The number of aromatic hydroxyl groups is 2. The topological polar surface area (TPSA) is 57.5 Å². The summed E-state index contributed by atoms with van der Waals surface area (Å²) in [4.78, 5) is 11.7. The molecule has 0 saturated heterocycles. The van der Waals surface area contributed by atoms with Gasteiger partial charge in [0, 0.05) is 12.5 Å². The first-order valence-corrected chi connectivity index (χ1v) is 5.09. The predicted octanol–water partition coefficient (Wildman–Crippen LogP) is 2.72. The van der Waals surface area contributed by atoms with Crippen LogP contribution >= 0.6 is 0 Å². The van der Waals surface area contributed by atoms with E-state index in [2.05, 4.69) is 0 Å². The van der Waals surface area contributed by atoms with Crippen molar-refractivity contribution >= 4 is 5.78 Å². The molecule has 1 aromatic carbocycles. The lowest BCUT2D eigenvalue weighted by molar-refractivity contribution is 0.0961. The van der Waals surface area contributed by atoms with E-state index >= 15 is 0 Å². The lowest BCUT2D eigenvalue weighted by Gasteiger charge is -2.08. The van der Waals surface area contributed by atoms with E-state index < -0.39 is 0 Å². The van der Waals surface area contributed by atoms with Crippen molar-refractivity contribution in [3.8, 4) is 11.5 Å². The molecule has 0 heterocycles. The molecule has 0 fully saturated rings. The number of phenolic OH excluding ortho intramolecular Hbond substituents is 2. The molecule has 3 nitrogen and oxygen atoms in total. The molecule has 0 bridgehead atoms. The second-order valence-electron chi connectivity index (χ2n) is 3.84. The van der Waals surface area contributed by atoms with E-state index in [1.54, 1.807) is 0 Å². The van der Waals surface area contributed by atoms with Crippen molar-refractivity contribution in [2.24, 2.45) is 5.92 Å². The Kier molecular flexibility index (Phi) is 3.72. The molecule has 3 heteroatoms. The van der Waals surface area contributed by atoms with Crippen LogP contribution in [0.15, 0.2) is 18.2 Å². The minimum Gasteiger partial charge on any atom is -0.508 e. The Morgan fingerprint density at radius 1 is 1.40 bits per heavy atom. The highest BCUT2D eigenvalue weighted by Crippen LogP contribution is 2.25. The van der Waals surface area contributed by atoms with Crippen LogP contribution < -0.4 is 0 Å². The van der Waals surface area contributed by atoms with Crippen molar-refractivity contribution in [2.45, 2.75) is 26.7 Å². The molecule has 0 aliphatic rings. The summed E-state index contributed by atoms with van der Waals surface area (Å²) in [6.07, 6.45) is 1.36. The Hall–Kier alpha value is -1.51. The Labute approximate surface area is 89.4 Å². The lowest BCUT2D eigenvalue weighted by Crippen LogP contribution is -2.05. The highest BCUT2D eigenvalue weighted by Gasteiger charge is 2.13. The highest BCUT2D eigenvalue weighted by atomic mass is 16.3. The molecule has 1 atom stereocenters. The molecule has 1 unspecified atom stereocenters. The largest absolute Gasteiger partial charge is 0.508 e. The molecule has 15 heavy (non-hydrogen) atoms. The molecule has 0 amide bonds. The number of phenols is 2. The highest BCUT2D eigenvalue weighted by molar-refractivity contribution is 5.98. The SMILES string of the molecule is CCC(C)CC(=O)c1ccc(O)cc1O. The van der Waals surface area contributed by atoms with Gasteiger partial charge in [-0.05, 0) is 18.1 Å². The Bertz CT molecular complexity index is 358. The van der Waals surface area contributed by atoms with Gasteiger partial charge in [-0.3, -0.25) is 4.79 Å². The van der Waals surface area contributed by atoms with E-state index in [1.165, 1.54) is 18.2 Å². The fraction of sp³-hybridized carbons (Fsp3) is 0.417. The summed E-state index contributed by atoms with van der Waals surface area (Å²) < 4.78 is 0. The second-order valence-corrected chi connectivity index (χ2v) is 3.84. The fourth-order valence-electron chi connectivity index (χ4n) is 1.33. The molecule has 0 aliphatic carbocycles. The van der Waals surface area contributed by atoms with Crippen LogP contribution in [-0.4, -0.2) is 16.0 Å². The lowest BCUT2D eigenvalue weighted by atomic mass is 9.97. The summed E-state index contributed by atoms with van der Waals surface area (Å²) in [6.45, 7) is 4.02. The van der Waals surface area contributed by atoms with E-state index in [0.29, 0.717) is 12.3 Å². The smallest absolute Gasteiger partial charge is 0.166 e. The van der Waals surface area contributed by atoms with Crippen LogP contribution in [0.25, 0.3) is 0 Å². The van der Waals surface area contributed by atoms with E-state index in [1.807, 2.05) is 13.8 Å². The fourth-order valence-corrected chi connectivity index (χ4v) is 1.33. The molecule has 1 rings (SSSR count). The van der Waals surface area contributed by atoms with Crippen molar-refractivity contribution < 1.29 is 15.0 Å². The van der Waals surface area contributed by atoms with Gasteiger partial charge in [-0.1, -0.05) is 20.3 Å². The van der Waals surface area contributed by atoms with Crippen molar-refractivity contribution in [2.75, 3.05) is 0 Å². The first kappa shape index (κ1) is 11.6. The number of hydrogen-bond donors (Lipinski definition) is 2. The number of carbonyl (C=O) groups is 1. The average Bonchev–Trinajstić information content (AvgIpc) is 2.17. The maximum Gasteiger partial charge on any atom is 0.166 e. The van der Waals surface area contributed by atoms with Crippen molar-refractivity contribution in [1.82, 2.24) is 0 Å². The van der Waals surface area contributed by atoms with Gasteiger partial charge in [0.2, 0.25) is 0 Å². The normalized spacial score (nSPS) is 12.4. The van der Waals surface area contributed by atoms with Gasteiger partial charge >= 0.3 is 0 Å². The van der Waals surface area contributed by atoms with Crippen LogP contribution in [0.2, 0.25) is 0 Å². The molecule has 2 N–H and O–H groups in total. The molecule has 0 radical (unpaired) electrons. The van der Waals surface area contributed by atoms with Gasteiger partial charge in [-0.25, -0.2) is 0 Å². The summed E-state index contributed by atoms with van der Waals surface area (Å²) in [5.41, 5.74) is 0.285. The van der Waals surface area contributed by atoms with Crippen LogP contribution in [0.5, 0.6) is 11.5 Å². The molecule has 0 spiro atoms. The molecule has 0 aliphatic heterocycles. The van der Waals surface area contributed by atoms with Crippen molar-refractivity contribution in [1.29, 1.82) is 0 Å². The van der Waals surface area contributed by atoms with Gasteiger partial charge in [-0.15, -0.1) is 0 Å². The molecular formula is C12H16O3. The zero-order valence-corrected chi connectivity index (χ0v) is 9.03. The van der Waals surface area contributed by atoms with Gasteiger partial charge < -0.3 is 10.2 Å². The number of rotatable bonds is 4. The molecule has 0 aromatic heterocycles. The standard InChI is InChI=1S/C12H16O3/c1-3-8(2)6-11(14)10-5-4-9(13)7-12(10)15/h4-5,7-8,13,15H,3,6H2,1-2H3. The van der Waals surface area contributed by atoms with Gasteiger partial charge in [0.25, 0.3) is 0 Å². The molecule has 82 valence electrons. The summed E-state index contributed by atoms with van der Waals surface area (Å²) in [5.74, 6) is 0.0449. The summed E-state index contributed by atoms with van der Waals surface area (Å²) in [5, 5.41) is 18.5. The average molecular weight is 208 g/mol. The predicted molar refractivity (Wildman–Crippen MR) is 58.2 cm³/mol. The van der Waals surface area contributed by atoms with E-state index in [9.17, 15) is 9.90 Å². The third-order valence-corrected chi connectivity index (χ3v) is 2.51. The monoisotopic (exact) mass is 208 g/mol. The Morgan fingerprint density at radius 2 is 2.07 bits per heavy atom.